The fourth-order valence-corrected chi connectivity index (χ4v) is 1.64. The number of fused-ring (bicyclic) bond motifs is 1. The Labute approximate surface area is 89.3 Å². The third-order valence-corrected chi connectivity index (χ3v) is 2.50. The van der Waals surface area contributed by atoms with Gasteiger partial charge in [0.15, 0.2) is 0 Å². The van der Waals surface area contributed by atoms with Gasteiger partial charge in [0.1, 0.15) is 0 Å². The zero-order chi connectivity index (χ0) is 10.8. The first kappa shape index (κ1) is 9.98. The average molecular weight is 204 g/mol. The lowest BCUT2D eigenvalue weighted by Crippen LogP contribution is -2.09. The topological polar surface area (TPSA) is 46.6 Å². The van der Waals surface area contributed by atoms with Crippen LogP contribution in [-0.2, 0) is 6.42 Å². The van der Waals surface area contributed by atoms with Crippen LogP contribution in [0.5, 0.6) is 0 Å². The molecule has 2 rings (SSSR count). The van der Waals surface area contributed by atoms with Crippen molar-refractivity contribution < 1.29 is 0 Å². The summed E-state index contributed by atoms with van der Waals surface area (Å²) in [5.41, 5.74) is 8.95. The highest BCUT2D eigenvalue weighted by Crippen LogP contribution is 2.17. The van der Waals surface area contributed by atoms with Crippen molar-refractivity contribution in [3.63, 3.8) is 0 Å². The van der Waals surface area contributed by atoms with E-state index in [1.54, 1.807) is 0 Å². The third kappa shape index (κ3) is 1.80. The van der Waals surface area contributed by atoms with Crippen molar-refractivity contribution in [2.75, 3.05) is 25.5 Å². The van der Waals surface area contributed by atoms with Crippen LogP contribution in [0.3, 0.4) is 0 Å². The van der Waals surface area contributed by atoms with Gasteiger partial charge in [0.25, 0.3) is 0 Å². The van der Waals surface area contributed by atoms with Crippen LogP contribution in [-0.4, -0.2) is 30.0 Å². The molecule has 0 saturated carbocycles. The van der Waals surface area contributed by atoms with Crippen molar-refractivity contribution in [1.29, 1.82) is 0 Å². The van der Waals surface area contributed by atoms with Crippen LogP contribution in [0.15, 0.2) is 24.7 Å². The first-order valence-electron chi connectivity index (χ1n) is 5.05. The molecule has 15 heavy (non-hydrogen) atoms. The Morgan fingerprint density at radius 3 is 2.93 bits per heavy atom. The molecule has 0 amide bonds. The van der Waals surface area contributed by atoms with Gasteiger partial charge in [-0.25, -0.2) is 4.98 Å². The summed E-state index contributed by atoms with van der Waals surface area (Å²) in [5.74, 6) is 0. The highest BCUT2D eigenvalue weighted by atomic mass is 15.1. The number of hydrogen-bond acceptors (Lipinski definition) is 3. The van der Waals surface area contributed by atoms with Gasteiger partial charge >= 0.3 is 0 Å². The van der Waals surface area contributed by atoms with Crippen molar-refractivity contribution in [2.24, 2.45) is 5.73 Å². The lowest BCUT2D eigenvalue weighted by atomic mass is 10.2. The first-order valence-corrected chi connectivity index (χ1v) is 5.05. The molecule has 0 aliphatic heterocycles. The van der Waals surface area contributed by atoms with Gasteiger partial charge in [0.2, 0.25) is 0 Å². The molecule has 0 bridgehead atoms. The predicted octanol–water partition coefficient (Wildman–Crippen LogP) is 0.901. The monoisotopic (exact) mass is 204 g/mol. The quantitative estimate of drug-likeness (QED) is 0.808. The first-order chi connectivity index (χ1) is 7.22. The summed E-state index contributed by atoms with van der Waals surface area (Å²) in [5, 5.41) is 0. The molecule has 0 saturated heterocycles. The summed E-state index contributed by atoms with van der Waals surface area (Å²) in [4.78, 5) is 6.43. The van der Waals surface area contributed by atoms with E-state index in [1.165, 1.54) is 5.69 Å². The molecular formula is C11H16N4. The van der Waals surface area contributed by atoms with Gasteiger partial charge < -0.3 is 15.0 Å². The van der Waals surface area contributed by atoms with Crippen LogP contribution in [0.2, 0.25) is 0 Å². The number of pyridine rings is 1. The summed E-state index contributed by atoms with van der Waals surface area (Å²) in [6, 6.07) is 4.21. The molecule has 0 aromatic carbocycles. The van der Waals surface area contributed by atoms with Gasteiger partial charge in [-0.3, -0.25) is 0 Å². The Hall–Kier alpha value is -1.55. The normalized spacial score (nSPS) is 10.9. The predicted molar refractivity (Wildman–Crippen MR) is 62.3 cm³/mol. The zero-order valence-corrected chi connectivity index (χ0v) is 9.14. The lowest BCUT2D eigenvalue weighted by Gasteiger charge is -2.12. The summed E-state index contributed by atoms with van der Waals surface area (Å²) >= 11 is 0. The highest BCUT2D eigenvalue weighted by molar-refractivity contribution is 5.62. The van der Waals surface area contributed by atoms with E-state index in [0.29, 0.717) is 6.54 Å². The van der Waals surface area contributed by atoms with Crippen molar-refractivity contribution in [3.05, 3.63) is 30.4 Å². The van der Waals surface area contributed by atoms with Crippen molar-refractivity contribution in [2.45, 2.75) is 6.42 Å². The maximum absolute atomic E-state index is 5.55. The van der Waals surface area contributed by atoms with Crippen molar-refractivity contribution >= 4 is 11.2 Å². The largest absolute Gasteiger partial charge is 0.378 e. The number of aromatic nitrogens is 2. The maximum Gasteiger partial charge on any atom is 0.0995 e. The third-order valence-electron chi connectivity index (χ3n) is 2.50. The molecule has 0 atom stereocenters. The molecule has 0 radical (unpaired) electrons. The smallest absolute Gasteiger partial charge is 0.0995 e. The molecule has 0 fully saturated rings. The van der Waals surface area contributed by atoms with E-state index in [1.807, 2.05) is 31.0 Å². The highest BCUT2D eigenvalue weighted by Gasteiger charge is 2.04. The fourth-order valence-electron chi connectivity index (χ4n) is 1.64. The zero-order valence-electron chi connectivity index (χ0n) is 9.14. The van der Waals surface area contributed by atoms with Crippen LogP contribution in [0, 0.1) is 0 Å². The number of hydrogen-bond donors (Lipinski definition) is 1. The van der Waals surface area contributed by atoms with Crippen LogP contribution >= 0.6 is 0 Å². The number of imidazole rings is 1. The Balaban J connectivity index is 2.51. The summed E-state index contributed by atoms with van der Waals surface area (Å²) < 4.78 is 2.03. The van der Waals surface area contributed by atoms with Gasteiger partial charge in [-0.05, 0) is 18.7 Å². The van der Waals surface area contributed by atoms with E-state index in [-0.39, 0.29) is 0 Å². The Morgan fingerprint density at radius 2 is 2.27 bits per heavy atom. The molecule has 2 aromatic heterocycles. The summed E-state index contributed by atoms with van der Waals surface area (Å²) in [7, 11) is 4.07. The van der Waals surface area contributed by atoms with Gasteiger partial charge in [-0.2, -0.15) is 0 Å². The standard InChI is InChI=1S/C11H16N4/c1-14(2)9-4-6-15-8-13-10(3-5-12)11(15)7-9/h4,6-8H,3,5,12H2,1-2H3. The lowest BCUT2D eigenvalue weighted by molar-refractivity contribution is 0.942. The van der Waals surface area contributed by atoms with E-state index < -0.39 is 0 Å². The summed E-state index contributed by atoms with van der Waals surface area (Å²) in [6.45, 7) is 0.638. The Bertz CT molecular complexity index is 459. The van der Waals surface area contributed by atoms with Crippen LogP contribution in [0.25, 0.3) is 5.52 Å². The van der Waals surface area contributed by atoms with E-state index >= 15 is 0 Å². The molecular weight excluding hydrogens is 188 g/mol. The van der Waals surface area contributed by atoms with Crippen molar-refractivity contribution in [3.8, 4) is 0 Å². The Morgan fingerprint density at radius 1 is 1.47 bits per heavy atom. The molecule has 0 aliphatic carbocycles. The van der Waals surface area contributed by atoms with Crippen LogP contribution in [0.4, 0.5) is 5.69 Å². The van der Waals surface area contributed by atoms with Crippen LogP contribution in [0.1, 0.15) is 5.69 Å². The Kier molecular flexibility index (Phi) is 2.60. The number of rotatable bonds is 3. The molecule has 4 nitrogen and oxygen atoms in total. The molecule has 2 N–H and O–H groups in total. The second-order valence-electron chi connectivity index (χ2n) is 3.80. The molecule has 0 aliphatic rings. The molecule has 80 valence electrons. The minimum absolute atomic E-state index is 0.638. The number of anilines is 1. The summed E-state index contributed by atoms with van der Waals surface area (Å²) in [6.07, 6.45) is 4.69. The van der Waals surface area contributed by atoms with Gasteiger partial charge in [-0.1, -0.05) is 0 Å². The second-order valence-corrected chi connectivity index (χ2v) is 3.80. The maximum atomic E-state index is 5.55. The molecule has 0 unspecified atom stereocenters. The average Bonchev–Trinajstić information content (AvgIpc) is 2.61. The molecule has 0 spiro atoms. The second kappa shape index (κ2) is 3.90. The van der Waals surface area contributed by atoms with E-state index in [2.05, 4.69) is 22.0 Å². The minimum Gasteiger partial charge on any atom is -0.378 e. The molecule has 2 heterocycles. The fraction of sp³-hybridized carbons (Fsp3) is 0.364. The van der Waals surface area contributed by atoms with Gasteiger partial charge in [-0.15, -0.1) is 0 Å². The number of nitrogens with zero attached hydrogens (tertiary/aromatic N) is 3. The van der Waals surface area contributed by atoms with Crippen molar-refractivity contribution in [1.82, 2.24) is 9.38 Å². The van der Waals surface area contributed by atoms with Gasteiger partial charge in [0, 0.05) is 32.4 Å². The number of nitrogens with two attached hydrogens (primary N) is 1. The van der Waals surface area contributed by atoms with E-state index in [9.17, 15) is 0 Å². The molecule has 4 heteroatoms. The van der Waals surface area contributed by atoms with Gasteiger partial charge in [0.05, 0.1) is 17.5 Å². The SMILES string of the molecule is CN(C)c1ccn2cnc(CCN)c2c1. The van der Waals surface area contributed by atoms with Crippen LogP contribution < -0.4 is 10.6 Å². The van der Waals surface area contributed by atoms with E-state index in [4.69, 9.17) is 5.73 Å². The van der Waals surface area contributed by atoms with E-state index in [0.717, 1.165) is 17.6 Å². The minimum atomic E-state index is 0.638. The molecule has 2 aromatic rings.